The van der Waals surface area contributed by atoms with Crippen LogP contribution in [0.15, 0.2) is 53.6 Å². The predicted molar refractivity (Wildman–Crippen MR) is 89.0 cm³/mol. The summed E-state index contributed by atoms with van der Waals surface area (Å²) in [6.45, 7) is 9.41. The van der Waals surface area contributed by atoms with Gasteiger partial charge in [0.1, 0.15) is 18.5 Å². The Labute approximate surface area is 133 Å². The molecule has 0 saturated carbocycles. The van der Waals surface area contributed by atoms with Crippen LogP contribution in [0.2, 0.25) is 0 Å². The standard InChI is InChI=1S/C19H26O3/c1-14(2)18-10-9-15(3)19(18)13-21-11-16(20)12-22-17-7-5-4-6-8-17/h4-8,16,18,20H,1,9-13H2,2-3H3/t16-,18-/m0/s1. The Kier molecular flexibility index (Phi) is 6.22. The minimum atomic E-state index is -0.620. The molecule has 3 heteroatoms. The lowest BCUT2D eigenvalue weighted by Gasteiger charge is -2.17. The molecule has 0 spiro atoms. The van der Waals surface area contributed by atoms with Gasteiger partial charge in [-0.25, -0.2) is 0 Å². The van der Waals surface area contributed by atoms with E-state index in [0.717, 1.165) is 18.6 Å². The third-order valence-corrected chi connectivity index (χ3v) is 4.13. The molecule has 0 amide bonds. The van der Waals surface area contributed by atoms with E-state index in [4.69, 9.17) is 9.47 Å². The SMILES string of the molecule is C=C(C)[C@@H]1CCC(C)=C1COC[C@H](O)COc1ccccc1. The van der Waals surface area contributed by atoms with Crippen molar-refractivity contribution >= 4 is 0 Å². The van der Waals surface area contributed by atoms with Gasteiger partial charge in [0.25, 0.3) is 0 Å². The van der Waals surface area contributed by atoms with Gasteiger partial charge in [-0.1, -0.05) is 35.9 Å². The lowest BCUT2D eigenvalue weighted by atomic mass is 9.95. The number of hydrogen-bond donors (Lipinski definition) is 1. The van der Waals surface area contributed by atoms with Crippen molar-refractivity contribution in [1.82, 2.24) is 0 Å². The zero-order valence-electron chi connectivity index (χ0n) is 13.5. The summed E-state index contributed by atoms with van der Waals surface area (Å²) in [6, 6.07) is 9.49. The zero-order chi connectivity index (χ0) is 15.9. The second-order valence-electron chi connectivity index (χ2n) is 6.04. The Morgan fingerprint density at radius 2 is 2.05 bits per heavy atom. The average molecular weight is 302 g/mol. The third-order valence-electron chi connectivity index (χ3n) is 4.13. The second kappa shape index (κ2) is 8.16. The van der Waals surface area contributed by atoms with Gasteiger partial charge in [0.2, 0.25) is 0 Å². The molecule has 120 valence electrons. The van der Waals surface area contributed by atoms with Crippen molar-refractivity contribution in [3.05, 3.63) is 53.6 Å². The van der Waals surface area contributed by atoms with Gasteiger partial charge in [-0.2, -0.15) is 0 Å². The normalized spacial score (nSPS) is 19.3. The fourth-order valence-electron chi connectivity index (χ4n) is 2.82. The Bertz CT molecular complexity index is 519. The van der Waals surface area contributed by atoms with E-state index in [0.29, 0.717) is 12.5 Å². The highest BCUT2D eigenvalue weighted by molar-refractivity contribution is 5.28. The molecule has 0 aromatic heterocycles. The van der Waals surface area contributed by atoms with Crippen LogP contribution in [0.1, 0.15) is 26.7 Å². The van der Waals surface area contributed by atoms with Crippen molar-refractivity contribution in [3.8, 4) is 5.75 Å². The molecule has 0 aliphatic heterocycles. The van der Waals surface area contributed by atoms with Crippen LogP contribution in [0.25, 0.3) is 0 Å². The molecule has 1 aliphatic rings. The van der Waals surface area contributed by atoms with Gasteiger partial charge in [0.15, 0.2) is 0 Å². The quantitative estimate of drug-likeness (QED) is 0.743. The van der Waals surface area contributed by atoms with Crippen molar-refractivity contribution in [2.75, 3.05) is 19.8 Å². The summed E-state index contributed by atoms with van der Waals surface area (Å²) in [5.74, 6) is 1.20. The van der Waals surface area contributed by atoms with Gasteiger partial charge in [0, 0.05) is 5.92 Å². The van der Waals surface area contributed by atoms with Crippen molar-refractivity contribution in [2.45, 2.75) is 32.8 Å². The molecular weight excluding hydrogens is 276 g/mol. The highest BCUT2D eigenvalue weighted by Crippen LogP contribution is 2.35. The Morgan fingerprint density at radius 1 is 1.32 bits per heavy atom. The van der Waals surface area contributed by atoms with E-state index in [1.807, 2.05) is 30.3 Å². The molecule has 0 radical (unpaired) electrons. The summed E-state index contributed by atoms with van der Waals surface area (Å²) in [5, 5.41) is 9.94. The molecule has 3 nitrogen and oxygen atoms in total. The van der Waals surface area contributed by atoms with E-state index < -0.39 is 6.10 Å². The first kappa shape index (κ1) is 16.8. The minimum Gasteiger partial charge on any atom is -0.491 e. The van der Waals surface area contributed by atoms with Crippen LogP contribution in [-0.2, 0) is 4.74 Å². The fraction of sp³-hybridized carbons (Fsp3) is 0.474. The first-order chi connectivity index (χ1) is 10.6. The summed E-state index contributed by atoms with van der Waals surface area (Å²) in [7, 11) is 0. The number of para-hydroxylation sites is 1. The molecule has 1 aliphatic carbocycles. The molecule has 0 unspecified atom stereocenters. The van der Waals surface area contributed by atoms with Gasteiger partial charge in [0.05, 0.1) is 13.2 Å². The summed E-state index contributed by atoms with van der Waals surface area (Å²) in [5.41, 5.74) is 3.94. The van der Waals surface area contributed by atoms with Crippen LogP contribution in [0.3, 0.4) is 0 Å². The Hall–Kier alpha value is -1.58. The lowest BCUT2D eigenvalue weighted by molar-refractivity contribution is 0.0183. The molecular formula is C19H26O3. The molecule has 2 rings (SSSR count). The summed E-state index contributed by atoms with van der Waals surface area (Å²) < 4.78 is 11.2. The van der Waals surface area contributed by atoms with Crippen molar-refractivity contribution < 1.29 is 14.6 Å². The number of aliphatic hydroxyl groups excluding tert-OH is 1. The topological polar surface area (TPSA) is 38.7 Å². The number of ether oxygens (including phenoxy) is 2. The zero-order valence-corrected chi connectivity index (χ0v) is 13.5. The van der Waals surface area contributed by atoms with Crippen LogP contribution >= 0.6 is 0 Å². The van der Waals surface area contributed by atoms with Crippen molar-refractivity contribution in [3.63, 3.8) is 0 Å². The molecule has 1 aromatic carbocycles. The molecule has 0 saturated heterocycles. The molecule has 2 atom stereocenters. The largest absolute Gasteiger partial charge is 0.491 e. The van der Waals surface area contributed by atoms with Gasteiger partial charge in [-0.15, -0.1) is 0 Å². The van der Waals surface area contributed by atoms with Crippen molar-refractivity contribution in [1.29, 1.82) is 0 Å². The van der Waals surface area contributed by atoms with Crippen LogP contribution in [0.5, 0.6) is 5.75 Å². The highest BCUT2D eigenvalue weighted by Gasteiger charge is 2.23. The molecule has 1 N–H and O–H groups in total. The van der Waals surface area contributed by atoms with Gasteiger partial charge < -0.3 is 14.6 Å². The summed E-state index contributed by atoms with van der Waals surface area (Å²) in [4.78, 5) is 0. The summed E-state index contributed by atoms with van der Waals surface area (Å²) in [6.07, 6.45) is 1.64. The lowest BCUT2D eigenvalue weighted by Crippen LogP contribution is -2.24. The molecule has 1 aromatic rings. The first-order valence-electron chi connectivity index (χ1n) is 7.85. The fourth-order valence-corrected chi connectivity index (χ4v) is 2.82. The van der Waals surface area contributed by atoms with Gasteiger partial charge in [-0.3, -0.25) is 0 Å². The van der Waals surface area contributed by atoms with Crippen LogP contribution in [-0.4, -0.2) is 31.0 Å². The molecule has 0 heterocycles. The maximum Gasteiger partial charge on any atom is 0.119 e. The van der Waals surface area contributed by atoms with Crippen molar-refractivity contribution in [2.24, 2.45) is 5.92 Å². The number of aliphatic hydroxyl groups is 1. The number of allylic oxidation sites excluding steroid dienone is 2. The average Bonchev–Trinajstić information content (AvgIpc) is 2.88. The minimum absolute atomic E-state index is 0.242. The maximum atomic E-state index is 9.94. The van der Waals surface area contributed by atoms with E-state index in [-0.39, 0.29) is 13.2 Å². The van der Waals surface area contributed by atoms with Crippen LogP contribution in [0, 0.1) is 5.92 Å². The third kappa shape index (κ3) is 4.72. The number of hydrogen-bond acceptors (Lipinski definition) is 3. The monoisotopic (exact) mass is 302 g/mol. The second-order valence-corrected chi connectivity index (χ2v) is 6.04. The van der Waals surface area contributed by atoms with E-state index in [2.05, 4.69) is 20.4 Å². The molecule has 0 bridgehead atoms. The maximum absolute atomic E-state index is 9.94. The Balaban J connectivity index is 1.71. The summed E-state index contributed by atoms with van der Waals surface area (Å²) >= 11 is 0. The van der Waals surface area contributed by atoms with Gasteiger partial charge in [-0.05, 0) is 44.4 Å². The number of rotatable bonds is 8. The first-order valence-corrected chi connectivity index (χ1v) is 7.85. The van der Waals surface area contributed by atoms with Crippen LogP contribution < -0.4 is 4.74 Å². The van der Waals surface area contributed by atoms with E-state index in [9.17, 15) is 5.11 Å². The highest BCUT2D eigenvalue weighted by atomic mass is 16.5. The molecule has 0 fully saturated rings. The molecule has 22 heavy (non-hydrogen) atoms. The van der Waals surface area contributed by atoms with E-state index in [1.54, 1.807) is 0 Å². The smallest absolute Gasteiger partial charge is 0.119 e. The van der Waals surface area contributed by atoms with E-state index in [1.165, 1.54) is 16.7 Å². The van der Waals surface area contributed by atoms with Gasteiger partial charge >= 0.3 is 0 Å². The number of benzene rings is 1. The van der Waals surface area contributed by atoms with E-state index >= 15 is 0 Å². The van der Waals surface area contributed by atoms with Crippen LogP contribution in [0.4, 0.5) is 0 Å². The Morgan fingerprint density at radius 3 is 2.73 bits per heavy atom. The predicted octanol–water partition coefficient (Wildman–Crippen LogP) is 3.75.